The van der Waals surface area contributed by atoms with E-state index in [2.05, 4.69) is 11.4 Å². The van der Waals surface area contributed by atoms with Gasteiger partial charge in [-0.15, -0.1) is 0 Å². The van der Waals surface area contributed by atoms with Crippen molar-refractivity contribution in [2.75, 3.05) is 24.2 Å². The van der Waals surface area contributed by atoms with Crippen molar-refractivity contribution in [1.29, 1.82) is 0 Å². The Bertz CT molecular complexity index is 913. The fraction of sp³-hybridized carbons (Fsp3) is 0.550. The third kappa shape index (κ3) is 5.94. The highest BCUT2D eigenvalue weighted by Gasteiger charge is 2.34. The summed E-state index contributed by atoms with van der Waals surface area (Å²) >= 11 is 0. The number of nitrogens with zero attached hydrogens (tertiary/aromatic N) is 2. The van der Waals surface area contributed by atoms with Crippen LogP contribution in [0.5, 0.6) is 5.75 Å². The Balaban J connectivity index is 2.30. The molecule has 0 heterocycles. The summed E-state index contributed by atoms with van der Waals surface area (Å²) in [6, 6.07) is 2.60. The van der Waals surface area contributed by atoms with E-state index in [0.717, 1.165) is 42.3 Å². The number of carbonyl (C=O) groups excluding carboxylic acids is 1. The number of carbonyl (C=O) groups is 1. The summed E-state index contributed by atoms with van der Waals surface area (Å²) in [5.41, 5.74) is 0.972. The Morgan fingerprint density at radius 1 is 1.37 bits per heavy atom. The summed E-state index contributed by atoms with van der Waals surface area (Å²) in [5.74, 6) is -0.322. The Kier molecular flexibility index (Phi) is 8.22. The third-order valence-electron chi connectivity index (χ3n) is 5.07. The molecule has 0 fully saturated rings. The third-order valence-corrected chi connectivity index (χ3v) is 6.24. The van der Waals surface area contributed by atoms with Crippen LogP contribution in [0.2, 0.25) is 0 Å². The average Bonchev–Trinajstić information content (AvgIpc) is 2.71. The van der Waals surface area contributed by atoms with Crippen LogP contribution in [-0.2, 0) is 14.8 Å². The molecule has 9 nitrogen and oxygen atoms in total. The molecule has 0 aliphatic heterocycles. The normalized spacial score (nSPS) is 15.1. The highest BCUT2D eigenvalue weighted by molar-refractivity contribution is 7.92. The SMILES string of the molecule is CC[C@@H](C(=O)NCCC1=CCCCC1)N(c1cc([N+](=O)[O-])ccc1OC)S(C)(=O)=O. The van der Waals surface area contributed by atoms with Gasteiger partial charge in [-0.1, -0.05) is 18.6 Å². The van der Waals surface area contributed by atoms with Gasteiger partial charge in [-0.25, -0.2) is 8.42 Å². The molecule has 1 aromatic carbocycles. The topological polar surface area (TPSA) is 119 Å². The van der Waals surface area contributed by atoms with E-state index in [1.165, 1.54) is 31.2 Å². The van der Waals surface area contributed by atoms with Crippen LogP contribution in [0.4, 0.5) is 11.4 Å². The molecule has 166 valence electrons. The van der Waals surface area contributed by atoms with Crippen molar-refractivity contribution < 1.29 is 22.9 Å². The van der Waals surface area contributed by atoms with Gasteiger partial charge in [-0.2, -0.15) is 0 Å². The molecule has 1 aliphatic rings. The van der Waals surface area contributed by atoms with Crippen molar-refractivity contribution in [3.05, 3.63) is 40.0 Å². The van der Waals surface area contributed by atoms with Gasteiger partial charge in [-0.3, -0.25) is 19.2 Å². The molecule has 1 aliphatic carbocycles. The van der Waals surface area contributed by atoms with Gasteiger partial charge in [0, 0.05) is 18.7 Å². The second-order valence-corrected chi connectivity index (χ2v) is 9.10. The first kappa shape index (κ1) is 23.7. The first-order valence-corrected chi connectivity index (χ1v) is 11.8. The predicted molar refractivity (Wildman–Crippen MR) is 115 cm³/mol. The van der Waals surface area contributed by atoms with Crippen LogP contribution in [0.15, 0.2) is 29.8 Å². The van der Waals surface area contributed by atoms with Crippen LogP contribution in [0, 0.1) is 10.1 Å². The first-order valence-electron chi connectivity index (χ1n) is 9.96. The number of allylic oxidation sites excluding steroid dienone is 1. The molecule has 0 unspecified atom stereocenters. The molecule has 1 amide bonds. The molecule has 10 heteroatoms. The fourth-order valence-corrected chi connectivity index (χ4v) is 4.80. The number of sulfonamides is 1. The molecular weight excluding hydrogens is 410 g/mol. The molecule has 2 rings (SSSR count). The summed E-state index contributed by atoms with van der Waals surface area (Å²) in [6.45, 7) is 2.10. The van der Waals surface area contributed by atoms with Gasteiger partial charge in [0.2, 0.25) is 15.9 Å². The number of ether oxygens (including phenoxy) is 1. The van der Waals surface area contributed by atoms with E-state index in [1.807, 2.05) is 0 Å². The van der Waals surface area contributed by atoms with E-state index in [0.29, 0.717) is 6.54 Å². The highest BCUT2D eigenvalue weighted by Crippen LogP contribution is 2.35. The predicted octanol–water partition coefficient (Wildman–Crippen LogP) is 3.15. The number of amides is 1. The molecule has 1 atom stereocenters. The molecule has 1 N–H and O–H groups in total. The molecule has 0 saturated carbocycles. The number of benzene rings is 1. The van der Waals surface area contributed by atoms with E-state index in [-0.39, 0.29) is 23.5 Å². The van der Waals surface area contributed by atoms with Crippen molar-refractivity contribution in [2.24, 2.45) is 0 Å². The lowest BCUT2D eigenvalue weighted by atomic mass is 9.97. The van der Waals surface area contributed by atoms with Crippen LogP contribution < -0.4 is 14.4 Å². The first-order chi connectivity index (χ1) is 14.2. The van der Waals surface area contributed by atoms with Crippen molar-refractivity contribution in [1.82, 2.24) is 5.32 Å². The quantitative estimate of drug-likeness (QED) is 0.340. The summed E-state index contributed by atoms with van der Waals surface area (Å²) < 4.78 is 31.4. The van der Waals surface area contributed by atoms with Gasteiger partial charge in [0.1, 0.15) is 17.5 Å². The van der Waals surface area contributed by atoms with Crippen molar-refractivity contribution in [3.63, 3.8) is 0 Å². The number of nitro groups is 1. The number of hydrogen-bond acceptors (Lipinski definition) is 6. The molecular formula is C20H29N3O6S. The zero-order valence-electron chi connectivity index (χ0n) is 17.6. The van der Waals surface area contributed by atoms with Crippen LogP contribution >= 0.6 is 0 Å². The van der Waals surface area contributed by atoms with Gasteiger partial charge in [0.05, 0.1) is 18.3 Å². The number of anilines is 1. The number of hydrogen-bond donors (Lipinski definition) is 1. The lowest BCUT2D eigenvalue weighted by Crippen LogP contribution is -2.49. The Labute approximate surface area is 177 Å². The number of nitrogens with one attached hydrogen (secondary N) is 1. The van der Waals surface area contributed by atoms with Crippen LogP contribution in [0.3, 0.4) is 0 Å². The Hall–Kier alpha value is -2.62. The zero-order chi connectivity index (χ0) is 22.3. The number of non-ortho nitro benzene ring substituents is 1. The minimum Gasteiger partial charge on any atom is -0.495 e. The lowest BCUT2D eigenvalue weighted by molar-refractivity contribution is -0.384. The maximum atomic E-state index is 12.9. The Morgan fingerprint density at radius 2 is 2.10 bits per heavy atom. The van der Waals surface area contributed by atoms with E-state index < -0.39 is 26.9 Å². The van der Waals surface area contributed by atoms with Crippen molar-refractivity contribution >= 4 is 27.3 Å². The molecule has 0 saturated heterocycles. The standard InChI is InChI=1S/C20H29N3O6S/c1-4-17(20(24)21-13-12-15-8-6-5-7-9-15)22(30(3,27)28)18-14-16(23(25)26)10-11-19(18)29-2/h8,10-11,14,17H,4-7,9,12-13H2,1-3H3,(H,21,24)/t17-/m0/s1. The van der Waals surface area contributed by atoms with Crippen molar-refractivity contribution in [2.45, 2.75) is 51.5 Å². The lowest BCUT2D eigenvalue weighted by Gasteiger charge is -2.31. The van der Waals surface area contributed by atoms with Crippen LogP contribution in [-0.4, -0.2) is 45.2 Å². The van der Waals surface area contributed by atoms with Gasteiger partial charge >= 0.3 is 0 Å². The summed E-state index contributed by atoms with van der Waals surface area (Å²) in [7, 11) is -2.60. The van der Waals surface area contributed by atoms with Gasteiger partial charge < -0.3 is 10.1 Å². The maximum Gasteiger partial charge on any atom is 0.271 e. The fourth-order valence-electron chi connectivity index (χ4n) is 3.60. The number of methoxy groups -OCH3 is 1. The summed E-state index contributed by atoms with van der Waals surface area (Å²) in [4.78, 5) is 23.5. The largest absolute Gasteiger partial charge is 0.495 e. The average molecular weight is 440 g/mol. The van der Waals surface area contributed by atoms with Crippen LogP contribution in [0.25, 0.3) is 0 Å². The van der Waals surface area contributed by atoms with Gasteiger partial charge in [0.25, 0.3) is 5.69 Å². The second-order valence-electron chi connectivity index (χ2n) is 7.25. The highest BCUT2D eigenvalue weighted by atomic mass is 32.2. The smallest absolute Gasteiger partial charge is 0.271 e. The van der Waals surface area contributed by atoms with E-state index in [1.54, 1.807) is 6.92 Å². The van der Waals surface area contributed by atoms with Crippen LogP contribution in [0.1, 0.15) is 45.4 Å². The van der Waals surface area contributed by atoms with Gasteiger partial charge in [-0.05, 0) is 44.6 Å². The van der Waals surface area contributed by atoms with Crippen molar-refractivity contribution in [3.8, 4) is 5.75 Å². The number of nitro benzene ring substituents is 1. The van der Waals surface area contributed by atoms with E-state index in [4.69, 9.17) is 4.74 Å². The molecule has 0 radical (unpaired) electrons. The molecule has 30 heavy (non-hydrogen) atoms. The molecule has 0 aromatic heterocycles. The van der Waals surface area contributed by atoms with E-state index in [9.17, 15) is 23.3 Å². The van der Waals surface area contributed by atoms with E-state index >= 15 is 0 Å². The monoisotopic (exact) mass is 439 g/mol. The second kappa shape index (κ2) is 10.4. The minimum atomic E-state index is -3.94. The minimum absolute atomic E-state index is 0.0359. The summed E-state index contributed by atoms with van der Waals surface area (Å²) in [6.07, 6.45) is 8.48. The van der Waals surface area contributed by atoms with Gasteiger partial charge in [0.15, 0.2) is 0 Å². The molecule has 0 spiro atoms. The molecule has 0 bridgehead atoms. The number of rotatable bonds is 10. The maximum absolute atomic E-state index is 12.9. The Morgan fingerprint density at radius 3 is 2.63 bits per heavy atom. The molecule has 1 aromatic rings. The zero-order valence-corrected chi connectivity index (χ0v) is 18.4. The summed E-state index contributed by atoms with van der Waals surface area (Å²) in [5, 5.41) is 14.0.